The maximum atomic E-state index is 5.90. The summed E-state index contributed by atoms with van der Waals surface area (Å²) < 4.78 is 1.55. The van der Waals surface area contributed by atoms with Gasteiger partial charge in [-0.15, -0.1) is 0 Å². The Balaban J connectivity index is 1.88. The molecule has 0 fully saturated rings. The molecular formula is C12H17ClN6S. The van der Waals surface area contributed by atoms with Crippen molar-refractivity contribution >= 4 is 29.3 Å². The van der Waals surface area contributed by atoms with E-state index in [1.807, 2.05) is 11.8 Å². The van der Waals surface area contributed by atoms with Gasteiger partial charge in [0.1, 0.15) is 0 Å². The second-order valence-corrected chi connectivity index (χ2v) is 5.48. The number of rotatable bonds is 8. The van der Waals surface area contributed by atoms with Gasteiger partial charge < -0.3 is 5.32 Å². The molecule has 0 amide bonds. The molecule has 20 heavy (non-hydrogen) atoms. The quantitative estimate of drug-likeness (QED) is 0.756. The summed E-state index contributed by atoms with van der Waals surface area (Å²) in [5, 5.41) is 7.41. The van der Waals surface area contributed by atoms with Crippen LogP contribution in [0.2, 0.25) is 5.28 Å². The van der Waals surface area contributed by atoms with Crippen LogP contribution in [0, 0.1) is 0 Å². The first kappa shape index (κ1) is 15.1. The smallest absolute Gasteiger partial charge is 0.256 e. The zero-order chi connectivity index (χ0) is 14.2. The van der Waals surface area contributed by atoms with Gasteiger partial charge in [-0.3, -0.25) is 0 Å². The fourth-order valence-electron chi connectivity index (χ4n) is 1.66. The van der Waals surface area contributed by atoms with Crippen LogP contribution in [0.25, 0.3) is 5.95 Å². The van der Waals surface area contributed by atoms with Crippen LogP contribution in [0.4, 0.5) is 5.95 Å². The molecule has 0 aromatic carbocycles. The predicted molar refractivity (Wildman–Crippen MR) is 82.7 cm³/mol. The van der Waals surface area contributed by atoms with Gasteiger partial charge in [-0.2, -0.15) is 31.8 Å². The first-order valence-electron chi connectivity index (χ1n) is 6.44. The molecule has 2 aromatic heterocycles. The topological polar surface area (TPSA) is 68.5 Å². The summed E-state index contributed by atoms with van der Waals surface area (Å²) in [6.45, 7) is 0.827. The van der Waals surface area contributed by atoms with Gasteiger partial charge in [0, 0.05) is 18.9 Å². The first-order valence-corrected chi connectivity index (χ1v) is 8.21. The van der Waals surface area contributed by atoms with Crippen LogP contribution in [0.5, 0.6) is 0 Å². The average molecular weight is 313 g/mol. The summed E-state index contributed by atoms with van der Waals surface area (Å²) in [5.74, 6) is 2.11. The van der Waals surface area contributed by atoms with E-state index in [0.29, 0.717) is 11.9 Å². The van der Waals surface area contributed by atoms with Gasteiger partial charge in [-0.1, -0.05) is 6.42 Å². The largest absolute Gasteiger partial charge is 0.354 e. The highest BCUT2D eigenvalue weighted by molar-refractivity contribution is 7.98. The van der Waals surface area contributed by atoms with Crippen molar-refractivity contribution in [2.75, 3.05) is 23.9 Å². The first-order chi connectivity index (χ1) is 9.79. The summed E-state index contributed by atoms with van der Waals surface area (Å²) in [4.78, 5) is 12.4. The molecule has 0 aliphatic rings. The zero-order valence-corrected chi connectivity index (χ0v) is 12.9. The summed E-state index contributed by atoms with van der Waals surface area (Å²) in [6.07, 6.45) is 9.06. The van der Waals surface area contributed by atoms with E-state index in [4.69, 9.17) is 11.6 Å². The summed E-state index contributed by atoms with van der Waals surface area (Å²) >= 11 is 7.78. The highest BCUT2D eigenvalue weighted by atomic mass is 35.5. The van der Waals surface area contributed by atoms with Crippen LogP contribution in [0.15, 0.2) is 18.5 Å². The minimum atomic E-state index is 0.162. The summed E-state index contributed by atoms with van der Waals surface area (Å²) in [6, 6.07) is 1.80. The second-order valence-electron chi connectivity index (χ2n) is 4.16. The maximum absolute atomic E-state index is 5.90. The van der Waals surface area contributed by atoms with E-state index < -0.39 is 0 Å². The van der Waals surface area contributed by atoms with Gasteiger partial charge in [0.25, 0.3) is 5.95 Å². The molecule has 0 radical (unpaired) electrons. The standard InChI is InChI=1S/C12H17ClN6S/c1-20-9-4-2-3-6-14-11-16-10(13)17-12(18-11)19-8-5-7-15-19/h5,7-8H,2-4,6,9H2,1H3,(H,14,16,17,18). The number of halogens is 1. The lowest BCUT2D eigenvalue weighted by atomic mass is 10.2. The van der Waals surface area contributed by atoms with Crippen LogP contribution >= 0.6 is 23.4 Å². The van der Waals surface area contributed by atoms with Gasteiger partial charge in [-0.25, -0.2) is 4.68 Å². The maximum Gasteiger partial charge on any atom is 0.256 e. The monoisotopic (exact) mass is 312 g/mol. The average Bonchev–Trinajstić information content (AvgIpc) is 2.96. The number of nitrogens with one attached hydrogen (secondary N) is 1. The third-order valence-corrected chi connectivity index (χ3v) is 3.48. The minimum absolute atomic E-state index is 0.162. The van der Waals surface area contributed by atoms with E-state index in [1.165, 1.54) is 18.6 Å². The van der Waals surface area contributed by atoms with E-state index in [0.717, 1.165) is 13.0 Å². The van der Waals surface area contributed by atoms with Crippen molar-refractivity contribution in [2.24, 2.45) is 0 Å². The minimum Gasteiger partial charge on any atom is -0.354 e. The van der Waals surface area contributed by atoms with Crippen LogP contribution in [-0.2, 0) is 0 Å². The van der Waals surface area contributed by atoms with E-state index >= 15 is 0 Å². The number of anilines is 1. The Labute approximate surface area is 127 Å². The number of aromatic nitrogens is 5. The molecule has 0 bridgehead atoms. The molecule has 0 spiro atoms. The molecule has 0 aliphatic heterocycles. The molecular weight excluding hydrogens is 296 g/mol. The van der Waals surface area contributed by atoms with Crippen LogP contribution in [0.3, 0.4) is 0 Å². The van der Waals surface area contributed by atoms with E-state index in [1.54, 1.807) is 23.1 Å². The normalized spacial score (nSPS) is 10.7. The number of hydrogen-bond donors (Lipinski definition) is 1. The van der Waals surface area contributed by atoms with Gasteiger partial charge >= 0.3 is 0 Å². The number of hydrogen-bond acceptors (Lipinski definition) is 6. The molecule has 2 heterocycles. The van der Waals surface area contributed by atoms with Crippen molar-refractivity contribution in [1.82, 2.24) is 24.7 Å². The molecule has 1 N–H and O–H groups in total. The van der Waals surface area contributed by atoms with Gasteiger partial charge in [0.15, 0.2) is 0 Å². The molecule has 2 aromatic rings. The molecule has 8 heteroatoms. The van der Waals surface area contributed by atoms with Gasteiger partial charge in [0.2, 0.25) is 11.2 Å². The van der Waals surface area contributed by atoms with E-state index in [-0.39, 0.29) is 5.28 Å². The lowest BCUT2D eigenvalue weighted by molar-refractivity contribution is 0.741. The third-order valence-electron chi connectivity index (χ3n) is 2.61. The fraction of sp³-hybridized carbons (Fsp3) is 0.500. The Morgan fingerprint density at radius 2 is 2.15 bits per heavy atom. The van der Waals surface area contributed by atoms with Gasteiger partial charge in [-0.05, 0) is 42.5 Å². The van der Waals surface area contributed by atoms with Crippen molar-refractivity contribution in [2.45, 2.75) is 19.3 Å². The molecule has 0 unspecified atom stereocenters. The van der Waals surface area contributed by atoms with Gasteiger partial charge in [0.05, 0.1) is 0 Å². The Morgan fingerprint density at radius 3 is 2.90 bits per heavy atom. The third kappa shape index (κ3) is 4.64. The number of thioether (sulfide) groups is 1. The lowest BCUT2D eigenvalue weighted by Crippen LogP contribution is -2.10. The Kier molecular flexibility index (Phi) is 6.07. The lowest BCUT2D eigenvalue weighted by Gasteiger charge is -2.06. The van der Waals surface area contributed by atoms with Crippen LogP contribution in [-0.4, -0.2) is 43.3 Å². The molecule has 0 atom stereocenters. The molecule has 0 saturated carbocycles. The van der Waals surface area contributed by atoms with Crippen molar-refractivity contribution in [3.05, 3.63) is 23.7 Å². The van der Waals surface area contributed by atoms with E-state index in [2.05, 4.69) is 31.6 Å². The number of unbranched alkanes of at least 4 members (excludes halogenated alkanes) is 2. The highest BCUT2D eigenvalue weighted by Gasteiger charge is 2.06. The molecule has 6 nitrogen and oxygen atoms in total. The molecule has 108 valence electrons. The van der Waals surface area contributed by atoms with Crippen molar-refractivity contribution in [3.63, 3.8) is 0 Å². The van der Waals surface area contributed by atoms with Crippen molar-refractivity contribution in [3.8, 4) is 5.95 Å². The van der Waals surface area contributed by atoms with Crippen molar-refractivity contribution in [1.29, 1.82) is 0 Å². The van der Waals surface area contributed by atoms with E-state index in [9.17, 15) is 0 Å². The Morgan fingerprint density at radius 1 is 1.25 bits per heavy atom. The Hall–Kier alpha value is -1.34. The molecule has 0 aliphatic carbocycles. The fourth-order valence-corrected chi connectivity index (χ4v) is 2.31. The number of nitrogens with zero attached hydrogens (tertiary/aromatic N) is 5. The summed E-state index contributed by atoms with van der Waals surface area (Å²) in [7, 11) is 0. The van der Waals surface area contributed by atoms with Crippen LogP contribution < -0.4 is 5.32 Å². The van der Waals surface area contributed by atoms with Crippen LogP contribution in [0.1, 0.15) is 19.3 Å². The predicted octanol–water partition coefficient (Wildman–Crippen LogP) is 2.66. The Bertz CT molecular complexity index is 519. The van der Waals surface area contributed by atoms with Crippen molar-refractivity contribution < 1.29 is 0 Å². The second kappa shape index (κ2) is 8.06. The molecule has 2 rings (SSSR count). The zero-order valence-electron chi connectivity index (χ0n) is 11.3. The SMILES string of the molecule is CSCCCCCNc1nc(Cl)nc(-n2cccn2)n1. The summed E-state index contributed by atoms with van der Waals surface area (Å²) in [5.41, 5.74) is 0. The molecule has 0 saturated heterocycles. The highest BCUT2D eigenvalue weighted by Crippen LogP contribution is 2.09.